The van der Waals surface area contributed by atoms with E-state index in [-0.39, 0.29) is 0 Å². The summed E-state index contributed by atoms with van der Waals surface area (Å²) in [5, 5.41) is 3.71. The van der Waals surface area contributed by atoms with Crippen LogP contribution in [0.15, 0.2) is 24.3 Å². The fraction of sp³-hybridized carbons (Fsp3) is 0.667. The van der Waals surface area contributed by atoms with E-state index in [0.717, 1.165) is 25.3 Å². The maximum atomic E-state index is 5.49. The number of para-hydroxylation sites is 1. The lowest BCUT2D eigenvalue weighted by Crippen LogP contribution is -2.34. The maximum absolute atomic E-state index is 5.49. The minimum Gasteiger partial charge on any atom is -0.496 e. The second kappa shape index (κ2) is 9.06. The van der Waals surface area contributed by atoms with Gasteiger partial charge in [-0.25, -0.2) is 0 Å². The largest absolute Gasteiger partial charge is 0.496 e. The summed E-state index contributed by atoms with van der Waals surface area (Å²) in [6, 6.07) is 8.73. The molecular weight excluding hydrogens is 260 g/mol. The molecule has 0 radical (unpaired) electrons. The van der Waals surface area contributed by atoms with E-state index in [4.69, 9.17) is 4.74 Å². The number of hydrogen-bond acceptors (Lipinski definition) is 3. The molecule has 0 aromatic heterocycles. The van der Waals surface area contributed by atoms with E-state index in [0.29, 0.717) is 6.04 Å². The van der Waals surface area contributed by atoms with Gasteiger partial charge < -0.3 is 15.0 Å². The van der Waals surface area contributed by atoms with Gasteiger partial charge in [-0.2, -0.15) is 0 Å². The third-order valence-corrected chi connectivity index (χ3v) is 4.44. The number of likely N-dealkylation sites (tertiary alicyclic amines) is 1. The Hall–Kier alpha value is -1.06. The van der Waals surface area contributed by atoms with Crippen molar-refractivity contribution in [1.29, 1.82) is 0 Å². The Bertz CT molecular complexity index is 400. The highest BCUT2D eigenvalue weighted by Crippen LogP contribution is 2.26. The molecule has 1 atom stereocenters. The Labute approximate surface area is 129 Å². The van der Waals surface area contributed by atoms with Gasteiger partial charge >= 0.3 is 0 Å². The second-order valence-electron chi connectivity index (χ2n) is 5.91. The zero-order valence-corrected chi connectivity index (χ0v) is 13.6. The normalized spacial score (nSPS) is 18.2. The lowest BCUT2D eigenvalue weighted by molar-refractivity contribution is 0.278. The van der Waals surface area contributed by atoms with Crippen LogP contribution in [0.1, 0.15) is 50.6 Å². The molecule has 0 bridgehead atoms. The van der Waals surface area contributed by atoms with Crippen LogP contribution in [0.4, 0.5) is 0 Å². The summed E-state index contributed by atoms with van der Waals surface area (Å²) >= 11 is 0. The number of nitrogens with zero attached hydrogens (tertiary/aromatic N) is 1. The van der Waals surface area contributed by atoms with Crippen LogP contribution in [0.25, 0.3) is 0 Å². The third-order valence-electron chi connectivity index (χ3n) is 4.44. The first-order valence-electron chi connectivity index (χ1n) is 8.43. The van der Waals surface area contributed by atoms with E-state index in [1.54, 1.807) is 7.11 Å². The van der Waals surface area contributed by atoms with Crippen LogP contribution in [-0.2, 0) is 0 Å². The lowest BCUT2D eigenvalue weighted by Gasteiger charge is -2.24. The summed E-state index contributed by atoms with van der Waals surface area (Å²) in [6.45, 7) is 6.98. The van der Waals surface area contributed by atoms with Crippen LogP contribution in [0, 0.1) is 0 Å². The highest BCUT2D eigenvalue weighted by Gasteiger charge is 2.14. The smallest absolute Gasteiger partial charge is 0.123 e. The molecule has 1 N–H and O–H groups in total. The SMILES string of the molecule is CCC(NCCN1CCCCCC1)c1ccccc1OC. The van der Waals surface area contributed by atoms with Crippen LogP contribution in [0.2, 0.25) is 0 Å². The van der Waals surface area contributed by atoms with E-state index in [1.165, 1.54) is 44.3 Å². The minimum atomic E-state index is 0.383. The highest BCUT2D eigenvalue weighted by molar-refractivity contribution is 5.35. The van der Waals surface area contributed by atoms with Crippen molar-refractivity contribution >= 4 is 0 Å². The van der Waals surface area contributed by atoms with Gasteiger partial charge in [0.05, 0.1) is 7.11 Å². The summed E-state index contributed by atoms with van der Waals surface area (Å²) < 4.78 is 5.49. The van der Waals surface area contributed by atoms with Crippen LogP contribution >= 0.6 is 0 Å². The van der Waals surface area contributed by atoms with Crippen molar-refractivity contribution in [3.8, 4) is 5.75 Å². The van der Waals surface area contributed by atoms with Crippen molar-refractivity contribution in [2.75, 3.05) is 33.3 Å². The molecule has 21 heavy (non-hydrogen) atoms. The van der Waals surface area contributed by atoms with Gasteiger partial charge in [0.1, 0.15) is 5.75 Å². The Morgan fingerprint density at radius 1 is 1.14 bits per heavy atom. The molecule has 0 amide bonds. The van der Waals surface area contributed by atoms with Crippen molar-refractivity contribution < 1.29 is 4.74 Å². The summed E-state index contributed by atoms with van der Waals surface area (Å²) in [4.78, 5) is 2.61. The Balaban J connectivity index is 1.84. The molecule has 0 spiro atoms. The van der Waals surface area contributed by atoms with Gasteiger partial charge in [0.25, 0.3) is 0 Å². The highest BCUT2D eigenvalue weighted by atomic mass is 16.5. The van der Waals surface area contributed by atoms with Gasteiger partial charge in [0.2, 0.25) is 0 Å². The zero-order chi connectivity index (χ0) is 14.9. The van der Waals surface area contributed by atoms with Crippen LogP contribution in [0.3, 0.4) is 0 Å². The first-order chi connectivity index (χ1) is 10.3. The van der Waals surface area contributed by atoms with E-state index < -0.39 is 0 Å². The minimum absolute atomic E-state index is 0.383. The number of ether oxygens (including phenoxy) is 1. The molecule has 3 heteroatoms. The fourth-order valence-corrected chi connectivity index (χ4v) is 3.19. The van der Waals surface area contributed by atoms with Crippen molar-refractivity contribution in [3.63, 3.8) is 0 Å². The van der Waals surface area contributed by atoms with Gasteiger partial charge in [0.15, 0.2) is 0 Å². The molecule has 1 aromatic rings. The predicted molar refractivity (Wildman–Crippen MR) is 88.9 cm³/mol. The average molecular weight is 290 g/mol. The number of nitrogens with one attached hydrogen (secondary N) is 1. The Kier molecular flexibility index (Phi) is 7.04. The molecule has 3 nitrogen and oxygen atoms in total. The molecule has 2 rings (SSSR count). The van der Waals surface area contributed by atoms with Crippen molar-refractivity contribution in [3.05, 3.63) is 29.8 Å². The molecule has 1 fully saturated rings. The number of benzene rings is 1. The lowest BCUT2D eigenvalue weighted by atomic mass is 10.0. The summed E-state index contributed by atoms with van der Waals surface area (Å²) in [5.41, 5.74) is 1.28. The molecule has 0 aliphatic carbocycles. The Morgan fingerprint density at radius 3 is 2.52 bits per heavy atom. The van der Waals surface area contributed by atoms with E-state index in [1.807, 2.05) is 6.07 Å². The fourth-order valence-electron chi connectivity index (χ4n) is 3.19. The number of hydrogen-bond donors (Lipinski definition) is 1. The monoisotopic (exact) mass is 290 g/mol. The molecule has 1 unspecified atom stereocenters. The van der Waals surface area contributed by atoms with Gasteiger partial charge in [-0.05, 0) is 38.4 Å². The van der Waals surface area contributed by atoms with E-state index in [2.05, 4.69) is 35.3 Å². The molecule has 118 valence electrons. The van der Waals surface area contributed by atoms with E-state index >= 15 is 0 Å². The topological polar surface area (TPSA) is 24.5 Å². The quantitative estimate of drug-likeness (QED) is 0.830. The van der Waals surface area contributed by atoms with E-state index in [9.17, 15) is 0 Å². The van der Waals surface area contributed by atoms with Crippen LogP contribution < -0.4 is 10.1 Å². The molecule has 0 saturated carbocycles. The molecule has 1 heterocycles. The second-order valence-corrected chi connectivity index (χ2v) is 5.91. The van der Waals surface area contributed by atoms with Gasteiger partial charge in [-0.3, -0.25) is 0 Å². The summed E-state index contributed by atoms with van der Waals surface area (Å²) in [7, 11) is 1.75. The molecular formula is C18H30N2O. The molecule has 1 aromatic carbocycles. The summed E-state index contributed by atoms with van der Waals surface area (Å²) in [6.07, 6.45) is 6.62. The zero-order valence-electron chi connectivity index (χ0n) is 13.6. The first-order valence-corrected chi connectivity index (χ1v) is 8.43. The molecule has 1 saturated heterocycles. The first kappa shape index (κ1) is 16.3. The van der Waals surface area contributed by atoms with Gasteiger partial charge in [-0.1, -0.05) is 38.0 Å². The van der Waals surface area contributed by atoms with Gasteiger partial charge in [-0.15, -0.1) is 0 Å². The van der Waals surface area contributed by atoms with Crippen molar-refractivity contribution in [2.24, 2.45) is 0 Å². The third kappa shape index (κ3) is 5.01. The van der Waals surface area contributed by atoms with Gasteiger partial charge in [0, 0.05) is 24.7 Å². The maximum Gasteiger partial charge on any atom is 0.123 e. The standard InChI is InChI=1S/C18H30N2O/c1-3-17(16-10-6-7-11-18(16)21-2)19-12-15-20-13-8-4-5-9-14-20/h6-7,10-11,17,19H,3-5,8-9,12-15H2,1-2H3. The molecule has 1 aliphatic rings. The summed E-state index contributed by atoms with van der Waals surface area (Å²) in [5.74, 6) is 0.992. The molecule has 1 aliphatic heterocycles. The van der Waals surface area contributed by atoms with Crippen molar-refractivity contribution in [2.45, 2.75) is 45.1 Å². The van der Waals surface area contributed by atoms with Crippen molar-refractivity contribution in [1.82, 2.24) is 10.2 Å². The van der Waals surface area contributed by atoms with Crippen LogP contribution in [0.5, 0.6) is 5.75 Å². The number of rotatable bonds is 7. The number of methoxy groups -OCH3 is 1. The van der Waals surface area contributed by atoms with Crippen LogP contribution in [-0.4, -0.2) is 38.2 Å². The average Bonchev–Trinajstić information content (AvgIpc) is 2.80. The predicted octanol–water partition coefficient (Wildman–Crippen LogP) is 3.61. The Morgan fingerprint density at radius 2 is 1.86 bits per heavy atom.